The maximum Gasteiger partial charge on any atom is 0.240 e. The van der Waals surface area contributed by atoms with Gasteiger partial charge in [-0.1, -0.05) is 81.4 Å². The fraction of sp³-hybridized carbons (Fsp3) is 0.250. The van der Waals surface area contributed by atoms with Gasteiger partial charge in [-0.05, 0) is 15.8 Å². The van der Waals surface area contributed by atoms with Crippen LogP contribution in [0, 0.1) is 5.41 Å². The lowest BCUT2D eigenvalue weighted by Crippen LogP contribution is -2.47. The van der Waals surface area contributed by atoms with E-state index in [-0.39, 0.29) is 11.5 Å². The molecule has 0 saturated carbocycles. The summed E-state index contributed by atoms with van der Waals surface area (Å²) in [5.74, 6) is 0.895. The second-order valence-corrected chi connectivity index (χ2v) is 9.42. The Balaban J connectivity index is 1.99. The lowest BCUT2D eigenvalue weighted by atomic mass is 9.89. The van der Waals surface area contributed by atoms with Crippen molar-refractivity contribution in [3.05, 3.63) is 78.9 Å². The lowest BCUT2D eigenvalue weighted by Gasteiger charge is -2.33. The minimum absolute atomic E-state index is 0.0489. The molecular formula is C20H24N2OSi. The Labute approximate surface area is 145 Å². The topological polar surface area (TPSA) is 37.9 Å². The van der Waals surface area contributed by atoms with Crippen LogP contribution in [0.4, 0.5) is 0 Å². The summed E-state index contributed by atoms with van der Waals surface area (Å²) in [6.07, 6.45) is 3.57. The van der Waals surface area contributed by atoms with E-state index in [1.54, 1.807) is 6.20 Å². The highest BCUT2D eigenvalue weighted by molar-refractivity contribution is 6.80. The molecule has 3 rings (SSSR count). The number of hydrogen-bond acceptors (Lipinski definition) is 2. The van der Waals surface area contributed by atoms with Crippen molar-refractivity contribution >= 4 is 19.4 Å². The van der Waals surface area contributed by atoms with Gasteiger partial charge < -0.3 is 9.41 Å². The molecule has 0 aliphatic heterocycles. The van der Waals surface area contributed by atoms with E-state index in [1.807, 2.05) is 18.3 Å². The first-order valence-electron chi connectivity index (χ1n) is 8.30. The molecule has 24 heavy (non-hydrogen) atoms. The summed E-state index contributed by atoms with van der Waals surface area (Å²) in [6.45, 7) is 6.59. The van der Waals surface area contributed by atoms with E-state index in [0.717, 1.165) is 5.82 Å². The van der Waals surface area contributed by atoms with Crippen LogP contribution >= 0.6 is 0 Å². The molecule has 0 saturated heterocycles. The van der Waals surface area contributed by atoms with Gasteiger partial charge in [-0.2, -0.15) is 0 Å². The number of H-pyrrole nitrogens is 1. The Bertz CT molecular complexity index is 697. The molecule has 0 aliphatic carbocycles. The van der Waals surface area contributed by atoms with Crippen molar-refractivity contribution in [2.45, 2.75) is 26.9 Å². The normalized spacial score (nSPS) is 13.2. The second kappa shape index (κ2) is 7.15. The molecule has 0 spiro atoms. The van der Waals surface area contributed by atoms with Gasteiger partial charge in [0.25, 0.3) is 0 Å². The van der Waals surface area contributed by atoms with Crippen molar-refractivity contribution in [3.63, 3.8) is 0 Å². The first kappa shape index (κ1) is 16.7. The Hall–Kier alpha value is -2.17. The van der Waals surface area contributed by atoms with Crippen LogP contribution in [-0.2, 0) is 4.43 Å². The molecule has 1 aromatic heterocycles. The number of rotatable bonds is 5. The number of nitrogens with one attached hydrogen (secondary N) is 1. The SMILES string of the molecule is CC(C)(C)C(O[SiH](c1ccccc1)c1ccccc1)c1ncc[nH]1. The van der Waals surface area contributed by atoms with Crippen molar-refractivity contribution in [1.82, 2.24) is 9.97 Å². The van der Waals surface area contributed by atoms with Gasteiger partial charge in [-0.25, -0.2) is 4.98 Å². The van der Waals surface area contributed by atoms with Crippen LogP contribution < -0.4 is 10.4 Å². The molecule has 3 aromatic rings. The van der Waals surface area contributed by atoms with Crippen LogP contribution in [0.25, 0.3) is 0 Å². The predicted octanol–water partition coefficient (Wildman–Crippen LogP) is 3.05. The summed E-state index contributed by atoms with van der Waals surface area (Å²) in [5.41, 5.74) is -0.0489. The van der Waals surface area contributed by atoms with Crippen molar-refractivity contribution in [3.8, 4) is 0 Å². The standard InChI is InChI=1S/C20H24N2OSi/c1-20(2,3)18(19-21-14-15-22-19)23-24(16-10-6-4-7-11-16)17-12-8-5-9-13-17/h4-15,18,24H,1-3H3,(H,21,22). The van der Waals surface area contributed by atoms with Crippen LogP contribution in [0.15, 0.2) is 73.1 Å². The second-order valence-electron chi connectivity index (χ2n) is 7.06. The first-order valence-corrected chi connectivity index (χ1v) is 9.93. The summed E-state index contributed by atoms with van der Waals surface area (Å²) in [5, 5.41) is 2.56. The van der Waals surface area contributed by atoms with Gasteiger partial charge in [-0.15, -0.1) is 0 Å². The zero-order valence-electron chi connectivity index (χ0n) is 14.4. The number of benzene rings is 2. The Morgan fingerprint density at radius 2 is 1.46 bits per heavy atom. The van der Waals surface area contributed by atoms with Crippen LogP contribution in [0.1, 0.15) is 32.7 Å². The lowest BCUT2D eigenvalue weighted by molar-refractivity contribution is 0.0823. The third-order valence-electron chi connectivity index (χ3n) is 4.03. The smallest absolute Gasteiger partial charge is 0.240 e. The molecule has 0 bridgehead atoms. The zero-order valence-corrected chi connectivity index (χ0v) is 15.6. The minimum Gasteiger partial charge on any atom is -0.400 e. The van der Waals surface area contributed by atoms with Gasteiger partial charge in [0.1, 0.15) is 11.9 Å². The van der Waals surface area contributed by atoms with Crippen LogP contribution in [0.5, 0.6) is 0 Å². The number of aromatic amines is 1. The largest absolute Gasteiger partial charge is 0.400 e. The van der Waals surface area contributed by atoms with Gasteiger partial charge in [-0.3, -0.25) is 0 Å². The third-order valence-corrected chi connectivity index (χ3v) is 6.56. The van der Waals surface area contributed by atoms with Crippen LogP contribution in [0.2, 0.25) is 0 Å². The highest BCUT2D eigenvalue weighted by Crippen LogP contribution is 2.34. The third kappa shape index (κ3) is 3.83. The van der Waals surface area contributed by atoms with Gasteiger partial charge in [0.05, 0.1) is 0 Å². The summed E-state index contributed by atoms with van der Waals surface area (Å²) < 4.78 is 6.78. The van der Waals surface area contributed by atoms with Crippen molar-refractivity contribution in [2.75, 3.05) is 0 Å². The molecule has 4 heteroatoms. The highest BCUT2D eigenvalue weighted by Gasteiger charge is 2.33. The summed E-state index contributed by atoms with van der Waals surface area (Å²) in [7, 11) is -1.81. The predicted molar refractivity (Wildman–Crippen MR) is 101 cm³/mol. The average Bonchev–Trinajstić information content (AvgIpc) is 3.10. The van der Waals surface area contributed by atoms with Crippen molar-refractivity contribution in [2.24, 2.45) is 5.41 Å². The number of hydrogen-bond donors (Lipinski definition) is 1. The van der Waals surface area contributed by atoms with E-state index in [0.29, 0.717) is 0 Å². The molecule has 0 aliphatic rings. The fourth-order valence-electron chi connectivity index (χ4n) is 2.84. The first-order chi connectivity index (χ1) is 11.6. The number of aromatic nitrogens is 2. The van der Waals surface area contributed by atoms with Crippen LogP contribution in [0.3, 0.4) is 0 Å². The monoisotopic (exact) mass is 336 g/mol. The molecule has 1 heterocycles. The van der Waals surface area contributed by atoms with Gasteiger partial charge in [0, 0.05) is 12.4 Å². The van der Waals surface area contributed by atoms with E-state index in [2.05, 4.69) is 79.3 Å². The average molecular weight is 337 g/mol. The molecule has 0 amide bonds. The zero-order chi connectivity index (χ0) is 17.0. The summed E-state index contributed by atoms with van der Waals surface area (Å²) in [4.78, 5) is 7.70. The van der Waals surface area contributed by atoms with Gasteiger partial charge in [0.15, 0.2) is 0 Å². The van der Waals surface area contributed by atoms with E-state index in [1.165, 1.54) is 10.4 Å². The molecule has 0 fully saturated rings. The fourth-order valence-corrected chi connectivity index (χ4v) is 5.49. The Morgan fingerprint density at radius 3 is 1.88 bits per heavy atom. The molecule has 1 N–H and O–H groups in total. The quantitative estimate of drug-likeness (QED) is 0.727. The highest BCUT2D eigenvalue weighted by atomic mass is 28.3. The number of nitrogens with zero attached hydrogens (tertiary/aromatic N) is 1. The summed E-state index contributed by atoms with van der Waals surface area (Å²) >= 11 is 0. The Morgan fingerprint density at radius 1 is 0.917 bits per heavy atom. The van der Waals surface area contributed by atoms with E-state index >= 15 is 0 Å². The molecular weight excluding hydrogens is 312 g/mol. The molecule has 3 nitrogen and oxygen atoms in total. The maximum absolute atomic E-state index is 6.78. The molecule has 2 aromatic carbocycles. The molecule has 0 radical (unpaired) electrons. The molecule has 124 valence electrons. The molecule has 1 unspecified atom stereocenters. The molecule has 1 atom stereocenters. The number of imidazole rings is 1. The minimum atomic E-state index is -1.81. The van der Waals surface area contributed by atoms with Gasteiger partial charge >= 0.3 is 0 Å². The van der Waals surface area contributed by atoms with E-state index in [4.69, 9.17) is 4.43 Å². The van der Waals surface area contributed by atoms with Crippen molar-refractivity contribution in [1.29, 1.82) is 0 Å². The van der Waals surface area contributed by atoms with E-state index < -0.39 is 9.04 Å². The van der Waals surface area contributed by atoms with Gasteiger partial charge in [0.2, 0.25) is 9.04 Å². The van der Waals surface area contributed by atoms with Crippen LogP contribution in [-0.4, -0.2) is 19.0 Å². The maximum atomic E-state index is 6.78. The van der Waals surface area contributed by atoms with E-state index in [9.17, 15) is 0 Å². The Kier molecular flexibility index (Phi) is 4.97. The van der Waals surface area contributed by atoms with Crippen molar-refractivity contribution < 1.29 is 4.43 Å². The summed E-state index contributed by atoms with van der Waals surface area (Å²) in [6, 6.07) is 21.1.